The van der Waals surface area contributed by atoms with Crippen molar-refractivity contribution in [1.29, 1.82) is 0 Å². The Morgan fingerprint density at radius 2 is 1.69 bits per heavy atom. The van der Waals surface area contributed by atoms with Gasteiger partial charge in [0.2, 0.25) is 5.95 Å². The predicted octanol–water partition coefficient (Wildman–Crippen LogP) is 6.22. The van der Waals surface area contributed by atoms with Gasteiger partial charge in [-0.3, -0.25) is 0 Å². The van der Waals surface area contributed by atoms with Crippen LogP contribution in [0.1, 0.15) is 74.5 Å². The average Bonchev–Trinajstić information content (AvgIpc) is 2.68. The summed E-state index contributed by atoms with van der Waals surface area (Å²) in [5.41, 5.74) is 2.63. The number of pyridine rings is 1. The fourth-order valence-corrected chi connectivity index (χ4v) is 3.75. The maximum absolute atomic E-state index is 13.2. The molecule has 1 aromatic heterocycles. The van der Waals surface area contributed by atoms with Gasteiger partial charge in [-0.2, -0.15) is 4.39 Å². The Morgan fingerprint density at radius 3 is 2.35 bits per heavy atom. The number of benzene rings is 1. The molecular formula is C23H25F2N. The Morgan fingerprint density at radius 1 is 1.00 bits per heavy atom. The summed E-state index contributed by atoms with van der Waals surface area (Å²) < 4.78 is 26.0. The van der Waals surface area contributed by atoms with E-state index >= 15 is 0 Å². The van der Waals surface area contributed by atoms with Gasteiger partial charge in [-0.25, -0.2) is 9.37 Å². The molecule has 0 aliphatic heterocycles. The molecule has 1 heterocycles. The van der Waals surface area contributed by atoms with Gasteiger partial charge in [0.1, 0.15) is 0 Å². The van der Waals surface area contributed by atoms with Gasteiger partial charge < -0.3 is 0 Å². The smallest absolute Gasteiger partial charge is 0.224 e. The third-order valence-corrected chi connectivity index (χ3v) is 5.34. The molecule has 136 valence electrons. The molecule has 0 N–H and O–H groups in total. The third-order valence-electron chi connectivity index (χ3n) is 5.34. The molecule has 26 heavy (non-hydrogen) atoms. The molecular weight excluding hydrogens is 328 g/mol. The number of nitrogens with zero attached hydrogens (tertiary/aromatic N) is 1. The summed E-state index contributed by atoms with van der Waals surface area (Å²) in [6.07, 6.45) is 10.5. The third kappa shape index (κ3) is 4.91. The summed E-state index contributed by atoms with van der Waals surface area (Å²) >= 11 is 0. The molecule has 1 aromatic carbocycles. The minimum Gasteiger partial charge on any atom is -0.224 e. The van der Waals surface area contributed by atoms with Crippen molar-refractivity contribution >= 4 is 0 Å². The second kappa shape index (κ2) is 8.94. The molecule has 1 fully saturated rings. The van der Waals surface area contributed by atoms with E-state index in [2.05, 4.69) is 35.9 Å². The second-order valence-electron chi connectivity index (χ2n) is 7.23. The summed E-state index contributed by atoms with van der Waals surface area (Å²) in [7, 11) is 0. The Kier molecular flexibility index (Phi) is 6.39. The lowest BCUT2D eigenvalue weighted by molar-refractivity contribution is 0.304. The topological polar surface area (TPSA) is 12.9 Å². The van der Waals surface area contributed by atoms with Crippen molar-refractivity contribution in [2.24, 2.45) is 5.92 Å². The van der Waals surface area contributed by atoms with Crippen LogP contribution in [0.2, 0.25) is 0 Å². The molecule has 0 bridgehead atoms. The molecule has 0 amide bonds. The van der Waals surface area contributed by atoms with E-state index in [9.17, 15) is 8.78 Å². The van der Waals surface area contributed by atoms with Gasteiger partial charge in [-0.05, 0) is 61.3 Å². The van der Waals surface area contributed by atoms with Crippen molar-refractivity contribution in [3.05, 3.63) is 65.0 Å². The lowest BCUT2D eigenvalue weighted by Crippen LogP contribution is -2.13. The van der Waals surface area contributed by atoms with E-state index in [0.29, 0.717) is 11.5 Å². The first-order valence-corrected chi connectivity index (χ1v) is 9.58. The van der Waals surface area contributed by atoms with Crippen LogP contribution in [0.25, 0.3) is 0 Å². The number of hydrogen-bond acceptors (Lipinski definition) is 1. The lowest BCUT2D eigenvalue weighted by Gasteiger charge is -2.28. The molecule has 1 aliphatic carbocycles. The van der Waals surface area contributed by atoms with E-state index in [4.69, 9.17) is 0 Å². The molecule has 1 saturated carbocycles. The molecule has 3 rings (SSSR count). The number of hydrogen-bond donors (Lipinski definition) is 0. The monoisotopic (exact) mass is 353 g/mol. The van der Waals surface area contributed by atoms with Crippen LogP contribution in [0.5, 0.6) is 0 Å². The summed E-state index contributed by atoms with van der Waals surface area (Å²) in [5, 5.41) is 0. The maximum atomic E-state index is 13.2. The van der Waals surface area contributed by atoms with Gasteiger partial charge in [0, 0.05) is 17.3 Å². The largest absolute Gasteiger partial charge is 0.248 e. The van der Waals surface area contributed by atoms with Crippen LogP contribution in [0.3, 0.4) is 0 Å². The molecule has 0 unspecified atom stereocenters. The number of rotatable bonds is 4. The van der Waals surface area contributed by atoms with Crippen LogP contribution in [-0.2, 0) is 0 Å². The Balaban J connectivity index is 1.59. The summed E-state index contributed by atoms with van der Waals surface area (Å²) in [6.45, 7) is 2.26. The SMILES string of the molecule is CCCCC1CCC(c2ccc(C#Cc3cnc(F)c(F)c3)cc2)CC1. The number of aromatic nitrogens is 1. The second-order valence-corrected chi connectivity index (χ2v) is 7.23. The highest BCUT2D eigenvalue weighted by Gasteiger charge is 2.21. The van der Waals surface area contributed by atoms with E-state index < -0.39 is 11.8 Å². The highest BCUT2D eigenvalue weighted by atomic mass is 19.2. The van der Waals surface area contributed by atoms with Gasteiger partial charge in [-0.15, -0.1) is 0 Å². The van der Waals surface area contributed by atoms with Crippen molar-refractivity contribution < 1.29 is 8.78 Å². The quantitative estimate of drug-likeness (QED) is 0.469. The molecule has 1 aliphatic rings. The van der Waals surface area contributed by atoms with Crippen molar-refractivity contribution in [1.82, 2.24) is 4.98 Å². The average molecular weight is 353 g/mol. The van der Waals surface area contributed by atoms with Crippen LogP contribution < -0.4 is 0 Å². The van der Waals surface area contributed by atoms with Gasteiger partial charge >= 0.3 is 0 Å². The molecule has 3 heteroatoms. The van der Waals surface area contributed by atoms with E-state index in [1.807, 2.05) is 12.1 Å². The standard InChI is InChI=1S/C23H25F2N/c1-2-3-4-17-7-11-20(12-8-17)21-13-9-18(10-14-21)5-6-19-15-22(24)23(25)26-16-19/h9-10,13-17,20H,2-4,7-8,11-12H2,1H3. The first-order chi connectivity index (χ1) is 12.7. The molecule has 0 atom stereocenters. The maximum Gasteiger partial charge on any atom is 0.248 e. The molecule has 1 nitrogen and oxygen atoms in total. The minimum absolute atomic E-state index is 0.373. The van der Waals surface area contributed by atoms with Gasteiger partial charge in [0.15, 0.2) is 5.82 Å². The molecule has 0 spiro atoms. The van der Waals surface area contributed by atoms with E-state index in [-0.39, 0.29) is 0 Å². The minimum atomic E-state index is -1.09. The fourth-order valence-electron chi connectivity index (χ4n) is 3.75. The summed E-state index contributed by atoms with van der Waals surface area (Å²) in [6, 6.07) is 9.41. The molecule has 2 aromatic rings. The van der Waals surface area contributed by atoms with E-state index in [0.717, 1.165) is 17.5 Å². The van der Waals surface area contributed by atoms with E-state index in [1.54, 1.807) is 0 Å². The zero-order chi connectivity index (χ0) is 18.4. The fraction of sp³-hybridized carbons (Fsp3) is 0.435. The molecule has 0 radical (unpaired) electrons. The van der Waals surface area contributed by atoms with Crippen LogP contribution in [0.15, 0.2) is 36.5 Å². The highest BCUT2D eigenvalue weighted by molar-refractivity contribution is 5.43. The van der Waals surface area contributed by atoms with Crippen LogP contribution >= 0.6 is 0 Å². The predicted molar refractivity (Wildman–Crippen MR) is 101 cm³/mol. The zero-order valence-corrected chi connectivity index (χ0v) is 15.3. The normalized spacial score (nSPS) is 19.7. The van der Waals surface area contributed by atoms with Crippen LogP contribution in [0.4, 0.5) is 8.78 Å². The summed E-state index contributed by atoms with van der Waals surface area (Å²) in [4.78, 5) is 3.35. The Hall–Kier alpha value is -2.21. The molecule has 0 saturated heterocycles. The number of halogens is 2. The highest BCUT2D eigenvalue weighted by Crippen LogP contribution is 2.37. The summed E-state index contributed by atoms with van der Waals surface area (Å²) in [5.74, 6) is 5.33. The van der Waals surface area contributed by atoms with Gasteiger partial charge in [0.05, 0.1) is 0 Å². The first-order valence-electron chi connectivity index (χ1n) is 9.58. The Bertz CT molecular complexity index is 778. The lowest BCUT2D eigenvalue weighted by atomic mass is 9.77. The first kappa shape index (κ1) is 18.6. The van der Waals surface area contributed by atoms with Crippen molar-refractivity contribution in [3.63, 3.8) is 0 Å². The van der Waals surface area contributed by atoms with Crippen LogP contribution in [-0.4, -0.2) is 4.98 Å². The van der Waals surface area contributed by atoms with E-state index in [1.165, 1.54) is 56.7 Å². The zero-order valence-electron chi connectivity index (χ0n) is 15.3. The Labute approximate surface area is 154 Å². The van der Waals surface area contributed by atoms with Crippen molar-refractivity contribution in [2.75, 3.05) is 0 Å². The van der Waals surface area contributed by atoms with Crippen molar-refractivity contribution in [2.45, 2.75) is 57.8 Å². The van der Waals surface area contributed by atoms with Gasteiger partial charge in [0.25, 0.3) is 0 Å². The van der Waals surface area contributed by atoms with Gasteiger partial charge in [-0.1, -0.05) is 50.2 Å². The van der Waals surface area contributed by atoms with Crippen molar-refractivity contribution in [3.8, 4) is 11.8 Å². The van der Waals surface area contributed by atoms with Crippen LogP contribution in [0, 0.1) is 29.5 Å². The number of unbranched alkanes of at least 4 members (excludes halogenated alkanes) is 1.